The maximum absolute atomic E-state index is 12.8. The summed E-state index contributed by atoms with van der Waals surface area (Å²) in [5.74, 6) is -0.913. The number of anilines is 1. The molecule has 2 N–H and O–H groups in total. The van der Waals surface area contributed by atoms with Crippen LogP contribution in [0, 0.1) is 0 Å². The van der Waals surface area contributed by atoms with Crippen LogP contribution < -0.4 is 5.32 Å². The maximum Gasteiger partial charge on any atom is 0.322 e. The van der Waals surface area contributed by atoms with Gasteiger partial charge in [-0.05, 0) is 42.0 Å². The normalized spacial score (nSPS) is 16.2. The van der Waals surface area contributed by atoms with Crippen LogP contribution in [0.25, 0.3) is 0 Å². The number of thioether (sulfide) groups is 1. The van der Waals surface area contributed by atoms with E-state index < -0.39 is 12.0 Å². The number of nitrogens with one attached hydrogen (secondary N) is 1. The minimum absolute atomic E-state index is 0.102. The fourth-order valence-corrected chi connectivity index (χ4v) is 3.64. The molecule has 2 aromatic rings. The average molecular weight is 356 g/mol. The number of nitrogens with zero attached hydrogens (tertiary/aromatic N) is 1. The molecule has 0 unspecified atom stereocenters. The number of carboxylic acids is 1. The largest absolute Gasteiger partial charge is 0.481 e. The predicted octanol–water partition coefficient (Wildman–Crippen LogP) is 4.01. The van der Waals surface area contributed by atoms with Crippen molar-refractivity contribution in [3.63, 3.8) is 0 Å². The monoisotopic (exact) mass is 356 g/mol. The summed E-state index contributed by atoms with van der Waals surface area (Å²) in [6, 6.07) is 14.6. The van der Waals surface area contributed by atoms with Crippen molar-refractivity contribution in [3.8, 4) is 0 Å². The van der Waals surface area contributed by atoms with Crippen molar-refractivity contribution in [2.24, 2.45) is 0 Å². The predicted molar refractivity (Wildman–Crippen MR) is 99.1 cm³/mol. The molecule has 0 aliphatic carbocycles. The topological polar surface area (TPSA) is 69.6 Å². The number of carbonyl (C=O) groups excluding carboxylic acids is 1. The van der Waals surface area contributed by atoms with Crippen LogP contribution in [-0.2, 0) is 11.2 Å². The Labute approximate surface area is 151 Å². The Balaban J connectivity index is 1.84. The highest BCUT2D eigenvalue weighted by Crippen LogP contribution is 2.32. The van der Waals surface area contributed by atoms with Gasteiger partial charge in [-0.2, -0.15) is 0 Å². The summed E-state index contributed by atoms with van der Waals surface area (Å²) in [6.07, 6.45) is 2.60. The molecule has 2 aromatic carbocycles. The van der Waals surface area contributed by atoms with Crippen molar-refractivity contribution in [1.29, 1.82) is 0 Å². The number of aliphatic carboxylic acids is 1. The number of rotatable bonds is 4. The van der Waals surface area contributed by atoms with Gasteiger partial charge in [0.25, 0.3) is 0 Å². The van der Waals surface area contributed by atoms with E-state index in [1.807, 2.05) is 54.8 Å². The van der Waals surface area contributed by atoms with Crippen molar-refractivity contribution in [3.05, 3.63) is 59.7 Å². The molecule has 0 spiro atoms. The Morgan fingerprint density at radius 3 is 2.80 bits per heavy atom. The molecular formula is C19H20N2O3S. The fraction of sp³-hybridized carbons (Fsp3) is 0.263. The van der Waals surface area contributed by atoms with E-state index in [9.17, 15) is 14.7 Å². The average Bonchev–Trinajstić information content (AvgIpc) is 2.61. The molecule has 1 heterocycles. The van der Waals surface area contributed by atoms with Gasteiger partial charge in [0.1, 0.15) is 0 Å². The lowest BCUT2D eigenvalue weighted by Crippen LogP contribution is -2.43. The van der Waals surface area contributed by atoms with Gasteiger partial charge >= 0.3 is 12.0 Å². The molecule has 0 bridgehead atoms. The van der Waals surface area contributed by atoms with Crippen LogP contribution in [0.2, 0.25) is 0 Å². The lowest BCUT2D eigenvalue weighted by atomic mass is 9.91. The Morgan fingerprint density at radius 2 is 2.04 bits per heavy atom. The fourth-order valence-electron chi connectivity index (χ4n) is 3.18. The van der Waals surface area contributed by atoms with E-state index in [4.69, 9.17) is 0 Å². The van der Waals surface area contributed by atoms with Crippen LogP contribution in [0.15, 0.2) is 53.4 Å². The van der Waals surface area contributed by atoms with Gasteiger partial charge in [-0.25, -0.2) is 4.79 Å². The molecule has 0 fully saturated rings. The maximum atomic E-state index is 12.8. The van der Waals surface area contributed by atoms with Crippen molar-refractivity contribution < 1.29 is 14.7 Å². The van der Waals surface area contributed by atoms with E-state index in [0.29, 0.717) is 12.2 Å². The Bertz CT molecular complexity index is 794. The zero-order valence-electron chi connectivity index (χ0n) is 13.9. The molecule has 5 nitrogen and oxygen atoms in total. The SMILES string of the molecule is CSc1cccc(NC(=O)N2CCc3ccccc3[C@@H]2CC(=O)O)c1. The third kappa shape index (κ3) is 3.96. The Kier molecular flexibility index (Phi) is 5.28. The van der Waals surface area contributed by atoms with E-state index in [0.717, 1.165) is 22.4 Å². The van der Waals surface area contributed by atoms with E-state index in [2.05, 4.69) is 5.32 Å². The highest BCUT2D eigenvalue weighted by atomic mass is 32.2. The summed E-state index contributed by atoms with van der Waals surface area (Å²) < 4.78 is 0. The second kappa shape index (κ2) is 7.61. The van der Waals surface area contributed by atoms with Crippen LogP contribution >= 0.6 is 11.8 Å². The first-order valence-electron chi connectivity index (χ1n) is 8.10. The number of carbonyl (C=O) groups is 2. The minimum atomic E-state index is -0.913. The molecule has 1 aliphatic heterocycles. The molecule has 1 aliphatic rings. The molecule has 0 saturated carbocycles. The molecule has 0 aromatic heterocycles. The number of urea groups is 1. The van der Waals surface area contributed by atoms with Gasteiger partial charge < -0.3 is 15.3 Å². The molecule has 0 saturated heterocycles. The van der Waals surface area contributed by atoms with Crippen molar-refractivity contribution >= 4 is 29.4 Å². The number of carboxylic acid groups (broad SMARTS) is 1. The smallest absolute Gasteiger partial charge is 0.322 e. The van der Waals surface area contributed by atoms with Gasteiger partial charge in [0.05, 0.1) is 12.5 Å². The standard InChI is InChI=1S/C19H20N2O3S/c1-25-15-7-4-6-14(11-15)20-19(24)21-10-9-13-5-2-3-8-16(13)17(21)12-18(22)23/h2-8,11,17H,9-10,12H2,1H3,(H,20,24)(H,22,23)/t17-/m0/s1. The van der Waals surface area contributed by atoms with Gasteiger partial charge in [-0.15, -0.1) is 11.8 Å². The number of amides is 2. The second-order valence-electron chi connectivity index (χ2n) is 5.92. The number of benzene rings is 2. The van der Waals surface area contributed by atoms with E-state index in [-0.39, 0.29) is 12.5 Å². The van der Waals surface area contributed by atoms with Gasteiger partial charge in [-0.3, -0.25) is 4.79 Å². The van der Waals surface area contributed by atoms with Gasteiger partial charge in [0, 0.05) is 17.1 Å². The van der Waals surface area contributed by atoms with E-state index in [1.54, 1.807) is 16.7 Å². The molecular weight excluding hydrogens is 336 g/mol. The van der Waals surface area contributed by atoms with Gasteiger partial charge in [0.2, 0.25) is 0 Å². The van der Waals surface area contributed by atoms with Crippen LogP contribution in [0.3, 0.4) is 0 Å². The first-order valence-corrected chi connectivity index (χ1v) is 9.32. The van der Waals surface area contributed by atoms with Crippen LogP contribution in [-0.4, -0.2) is 34.8 Å². The first kappa shape index (κ1) is 17.4. The van der Waals surface area contributed by atoms with Crippen molar-refractivity contribution in [2.75, 3.05) is 18.1 Å². The summed E-state index contributed by atoms with van der Waals surface area (Å²) in [5, 5.41) is 12.2. The zero-order chi connectivity index (χ0) is 17.8. The summed E-state index contributed by atoms with van der Waals surface area (Å²) in [6.45, 7) is 0.503. The second-order valence-corrected chi connectivity index (χ2v) is 6.80. The number of fused-ring (bicyclic) bond motifs is 1. The summed E-state index contributed by atoms with van der Waals surface area (Å²) >= 11 is 1.60. The Morgan fingerprint density at radius 1 is 1.24 bits per heavy atom. The minimum Gasteiger partial charge on any atom is -0.481 e. The Hall–Kier alpha value is -2.47. The first-order chi connectivity index (χ1) is 12.1. The summed E-state index contributed by atoms with van der Waals surface area (Å²) in [5.41, 5.74) is 2.75. The molecule has 1 atom stereocenters. The molecule has 6 heteroatoms. The number of hydrogen-bond acceptors (Lipinski definition) is 3. The summed E-state index contributed by atoms with van der Waals surface area (Å²) in [4.78, 5) is 26.8. The lowest BCUT2D eigenvalue weighted by Gasteiger charge is -2.36. The number of hydrogen-bond donors (Lipinski definition) is 2. The molecule has 130 valence electrons. The molecule has 0 radical (unpaired) electrons. The lowest BCUT2D eigenvalue weighted by molar-refractivity contribution is -0.138. The van der Waals surface area contributed by atoms with E-state index >= 15 is 0 Å². The molecule has 25 heavy (non-hydrogen) atoms. The van der Waals surface area contributed by atoms with Crippen LogP contribution in [0.4, 0.5) is 10.5 Å². The highest BCUT2D eigenvalue weighted by molar-refractivity contribution is 7.98. The van der Waals surface area contributed by atoms with Crippen molar-refractivity contribution in [2.45, 2.75) is 23.8 Å². The van der Waals surface area contributed by atoms with Crippen LogP contribution in [0.1, 0.15) is 23.6 Å². The summed E-state index contributed by atoms with van der Waals surface area (Å²) in [7, 11) is 0. The highest BCUT2D eigenvalue weighted by Gasteiger charge is 2.32. The van der Waals surface area contributed by atoms with Crippen LogP contribution in [0.5, 0.6) is 0 Å². The van der Waals surface area contributed by atoms with Gasteiger partial charge in [-0.1, -0.05) is 30.3 Å². The van der Waals surface area contributed by atoms with E-state index in [1.165, 1.54) is 0 Å². The third-order valence-corrected chi connectivity index (χ3v) is 5.09. The molecule has 3 rings (SSSR count). The zero-order valence-corrected chi connectivity index (χ0v) is 14.8. The third-order valence-electron chi connectivity index (χ3n) is 4.36. The molecule has 2 amide bonds. The quantitative estimate of drug-likeness (QED) is 0.812. The van der Waals surface area contributed by atoms with Gasteiger partial charge in [0.15, 0.2) is 0 Å². The van der Waals surface area contributed by atoms with Crippen molar-refractivity contribution in [1.82, 2.24) is 4.90 Å².